The minimum atomic E-state index is -0.0246. The summed E-state index contributed by atoms with van der Waals surface area (Å²) in [5.74, 6) is 0.596. The number of rotatable bonds is 4. The summed E-state index contributed by atoms with van der Waals surface area (Å²) in [6.45, 7) is 7.25. The Kier molecular flexibility index (Phi) is 3.30. The molecule has 4 nitrogen and oxygen atoms in total. The number of aromatic nitrogens is 2. The second-order valence-electron chi connectivity index (χ2n) is 5.12. The highest BCUT2D eigenvalue weighted by atomic mass is 16.5. The minimum absolute atomic E-state index is 0.0246. The van der Waals surface area contributed by atoms with Gasteiger partial charge in [0.1, 0.15) is 0 Å². The third-order valence-electron chi connectivity index (χ3n) is 3.30. The summed E-state index contributed by atoms with van der Waals surface area (Å²) in [6, 6.07) is 0. The fraction of sp³-hybridized carbons (Fsp3) is 0.750. The highest BCUT2D eigenvalue weighted by Crippen LogP contribution is 2.27. The van der Waals surface area contributed by atoms with Crippen molar-refractivity contribution in [2.24, 2.45) is 0 Å². The van der Waals surface area contributed by atoms with Gasteiger partial charge in [0.2, 0.25) is 0 Å². The van der Waals surface area contributed by atoms with Gasteiger partial charge in [-0.05, 0) is 26.8 Å². The number of ether oxygens (including phenoxy) is 1. The Morgan fingerprint density at radius 1 is 1.62 bits per heavy atom. The van der Waals surface area contributed by atoms with Crippen molar-refractivity contribution < 1.29 is 4.74 Å². The number of methoxy groups -OCH3 is 1. The lowest BCUT2D eigenvalue weighted by molar-refractivity contribution is 0.107. The molecule has 16 heavy (non-hydrogen) atoms. The molecular weight excluding hydrogens is 202 g/mol. The molecule has 0 bridgehead atoms. The molecule has 2 heterocycles. The molecule has 1 fully saturated rings. The van der Waals surface area contributed by atoms with E-state index in [4.69, 9.17) is 4.74 Å². The molecule has 1 atom stereocenters. The molecule has 1 aromatic rings. The molecule has 1 N–H and O–H groups in total. The van der Waals surface area contributed by atoms with Gasteiger partial charge in [-0.15, -0.1) is 0 Å². The topological polar surface area (TPSA) is 39.1 Å². The van der Waals surface area contributed by atoms with Crippen LogP contribution in [0.2, 0.25) is 0 Å². The molecule has 0 spiro atoms. The van der Waals surface area contributed by atoms with Gasteiger partial charge in [-0.2, -0.15) is 0 Å². The molecule has 2 rings (SSSR count). The summed E-state index contributed by atoms with van der Waals surface area (Å²) in [4.78, 5) is 4.29. The lowest BCUT2D eigenvalue weighted by Gasteiger charge is -2.29. The lowest BCUT2D eigenvalue weighted by Crippen LogP contribution is -2.33. The fourth-order valence-electron chi connectivity index (χ4n) is 2.44. The molecule has 1 saturated heterocycles. The number of hydrogen-bond acceptors (Lipinski definition) is 3. The molecule has 1 aliphatic heterocycles. The summed E-state index contributed by atoms with van der Waals surface area (Å²) in [5, 5.41) is 3.40. The van der Waals surface area contributed by atoms with Crippen molar-refractivity contribution in [2.75, 3.05) is 26.8 Å². The Balaban J connectivity index is 2.24. The van der Waals surface area contributed by atoms with E-state index in [0.29, 0.717) is 12.5 Å². The molecule has 0 amide bonds. The zero-order valence-corrected chi connectivity index (χ0v) is 10.4. The van der Waals surface area contributed by atoms with Crippen LogP contribution in [0.3, 0.4) is 0 Å². The quantitative estimate of drug-likeness (QED) is 0.837. The van der Waals surface area contributed by atoms with Crippen molar-refractivity contribution in [3.63, 3.8) is 0 Å². The van der Waals surface area contributed by atoms with Gasteiger partial charge in [0.15, 0.2) is 0 Å². The van der Waals surface area contributed by atoms with Gasteiger partial charge in [-0.1, -0.05) is 0 Å². The van der Waals surface area contributed by atoms with Crippen LogP contribution in [0.25, 0.3) is 0 Å². The van der Waals surface area contributed by atoms with Gasteiger partial charge >= 0.3 is 0 Å². The molecule has 0 saturated carbocycles. The van der Waals surface area contributed by atoms with Crippen molar-refractivity contribution in [3.8, 4) is 0 Å². The molecule has 1 aliphatic rings. The molecule has 1 unspecified atom stereocenters. The molecule has 0 aromatic carbocycles. The van der Waals surface area contributed by atoms with E-state index < -0.39 is 0 Å². The first-order valence-corrected chi connectivity index (χ1v) is 5.87. The van der Waals surface area contributed by atoms with Crippen molar-refractivity contribution in [1.29, 1.82) is 0 Å². The van der Waals surface area contributed by atoms with E-state index in [9.17, 15) is 0 Å². The third-order valence-corrected chi connectivity index (χ3v) is 3.30. The van der Waals surface area contributed by atoms with Crippen LogP contribution in [0, 0.1) is 0 Å². The van der Waals surface area contributed by atoms with E-state index in [2.05, 4.69) is 28.7 Å². The van der Waals surface area contributed by atoms with Gasteiger partial charge in [0.25, 0.3) is 0 Å². The summed E-state index contributed by atoms with van der Waals surface area (Å²) >= 11 is 0. The second kappa shape index (κ2) is 4.55. The van der Waals surface area contributed by atoms with E-state index in [1.807, 2.05) is 12.5 Å². The first-order chi connectivity index (χ1) is 7.65. The molecule has 0 radical (unpaired) electrons. The Morgan fingerprint density at radius 2 is 2.44 bits per heavy atom. The fourth-order valence-corrected chi connectivity index (χ4v) is 2.44. The zero-order valence-electron chi connectivity index (χ0n) is 10.4. The van der Waals surface area contributed by atoms with Crippen LogP contribution < -0.4 is 5.32 Å². The van der Waals surface area contributed by atoms with Crippen molar-refractivity contribution in [3.05, 3.63) is 18.2 Å². The van der Waals surface area contributed by atoms with Crippen molar-refractivity contribution in [2.45, 2.75) is 31.7 Å². The van der Waals surface area contributed by atoms with E-state index in [-0.39, 0.29) is 5.54 Å². The molecule has 4 heteroatoms. The zero-order chi connectivity index (χ0) is 11.6. The van der Waals surface area contributed by atoms with Gasteiger partial charge in [-0.3, -0.25) is 0 Å². The lowest BCUT2D eigenvalue weighted by atomic mass is 10.0. The molecule has 1 aromatic heterocycles. The Hall–Kier alpha value is -0.870. The average Bonchev–Trinajstić information content (AvgIpc) is 2.88. The summed E-state index contributed by atoms with van der Waals surface area (Å²) in [5.41, 5.74) is 1.30. The minimum Gasteiger partial charge on any atom is -0.382 e. The van der Waals surface area contributed by atoms with Crippen LogP contribution in [-0.4, -0.2) is 36.4 Å². The number of nitrogens with zero attached hydrogens (tertiary/aromatic N) is 2. The SMILES string of the molecule is COCC(C)(C)n1cncc1C1CCNC1. The molecule has 90 valence electrons. The largest absolute Gasteiger partial charge is 0.382 e. The van der Waals surface area contributed by atoms with Crippen LogP contribution in [0.4, 0.5) is 0 Å². The maximum Gasteiger partial charge on any atom is 0.0954 e. The van der Waals surface area contributed by atoms with Crippen molar-refractivity contribution >= 4 is 0 Å². The van der Waals surface area contributed by atoms with E-state index in [0.717, 1.165) is 13.1 Å². The van der Waals surface area contributed by atoms with Crippen LogP contribution >= 0.6 is 0 Å². The van der Waals surface area contributed by atoms with Crippen LogP contribution in [0.1, 0.15) is 31.9 Å². The highest BCUT2D eigenvalue weighted by molar-refractivity contribution is 5.12. The Morgan fingerprint density at radius 3 is 3.06 bits per heavy atom. The van der Waals surface area contributed by atoms with Crippen LogP contribution in [0.15, 0.2) is 12.5 Å². The smallest absolute Gasteiger partial charge is 0.0954 e. The van der Waals surface area contributed by atoms with E-state index >= 15 is 0 Å². The van der Waals surface area contributed by atoms with Gasteiger partial charge in [0.05, 0.1) is 18.5 Å². The maximum absolute atomic E-state index is 5.28. The molecular formula is C12H21N3O. The van der Waals surface area contributed by atoms with Crippen LogP contribution in [0.5, 0.6) is 0 Å². The van der Waals surface area contributed by atoms with Gasteiger partial charge in [-0.25, -0.2) is 4.98 Å². The van der Waals surface area contributed by atoms with E-state index in [1.165, 1.54) is 12.1 Å². The van der Waals surface area contributed by atoms with E-state index in [1.54, 1.807) is 7.11 Å². The van der Waals surface area contributed by atoms with Crippen molar-refractivity contribution in [1.82, 2.24) is 14.9 Å². The third kappa shape index (κ3) is 2.13. The number of nitrogens with one attached hydrogen (secondary N) is 1. The standard InChI is InChI=1S/C12H21N3O/c1-12(2,8-16-3)15-9-14-7-11(15)10-4-5-13-6-10/h7,9-10,13H,4-6,8H2,1-3H3. The Labute approximate surface area is 97.0 Å². The average molecular weight is 223 g/mol. The van der Waals surface area contributed by atoms with Gasteiger partial charge < -0.3 is 14.6 Å². The first-order valence-electron chi connectivity index (χ1n) is 5.87. The predicted octanol–water partition coefficient (Wildman–Crippen LogP) is 1.34. The highest BCUT2D eigenvalue weighted by Gasteiger charge is 2.27. The predicted molar refractivity (Wildman–Crippen MR) is 63.7 cm³/mol. The monoisotopic (exact) mass is 223 g/mol. The summed E-state index contributed by atoms with van der Waals surface area (Å²) in [7, 11) is 1.75. The summed E-state index contributed by atoms with van der Waals surface area (Å²) < 4.78 is 7.54. The normalized spacial score (nSPS) is 21.6. The number of hydrogen-bond donors (Lipinski definition) is 1. The maximum atomic E-state index is 5.28. The molecule has 0 aliphatic carbocycles. The van der Waals surface area contributed by atoms with Crippen LogP contribution in [-0.2, 0) is 10.3 Å². The summed E-state index contributed by atoms with van der Waals surface area (Å²) in [6.07, 6.45) is 5.12. The van der Waals surface area contributed by atoms with Gasteiger partial charge in [0, 0.05) is 31.5 Å². The Bertz CT molecular complexity index is 340. The second-order valence-corrected chi connectivity index (χ2v) is 5.12. The number of imidazole rings is 1. The first kappa shape index (κ1) is 11.6.